The van der Waals surface area contributed by atoms with E-state index in [4.69, 9.17) is 0 Å². The highest BCUT2D eigenvalue weighted by Gasteiger charge is 2.31. The molecule has 5 heteroatoms. The van der Waals surface area contributed by atoms with Crippen LogP contribution in [0.4, 0.5) is 0 Å². The Morgan fingerprint density at radius 2 is 2.09 bits per heavy atom. The Morgan fingerprint density at radius 1 is 1.36 bits per heavy atom. The van der Waals surface area contributed by atoms with E-state index in [1.54, 1.807) is 19.0 Å². The van der Waals surface area contributed by atoms with E-state index in [9.17, 15) is 4.79 Å². The van der Waals surface area contributed by atoms with Gasteiger partial charge in [0.05, 0.1) is 6.54 Å². The Labute approximate surface area is 136 Å². The van der Waals surface area contributed by atoms with Crippen LogP contribution in [0.1, 0.15) is 52.9 Å². The number of hydrogen-bond donors (Lipinski definition) is 1. The van der Waals surface area contributed by atoms with Gasteiger partial charge in [-0.15, -0.1) is 0 Å². The molecule has 0 saturated carbocycles. The third kappa shape index (κ3) is 5.85. The fourth-order valence-electron chi connectivity index (χ4n) is 3.21. The van der Waals surface area contributed by atoms with Gasteiger partial charge in [-0.05, 0) is 31.6 Å². The van der Waals surface area contributed by atoms with E-state index in [0.29, 0.717) is 18.4 Å². The van der Waals surface area contributed by atoms with Crippen molar-refractivity contribution in [1.29, 1.82) is 0 Å². The summed E-state index contributed by atoms with van der Waals surface area (Å²) >= 11 is 0. The van der Waals surface area contributed by atoms with E-state index in [-0.39, 0.29) is 5.91 Å². The molecule has 1 amide bonds. The summed E-state index contributed by atoms with van der Waals surface area (Å²) in [5.41, 5.74) is 0.392. The van der Waals surface area contributed by atoms with Gasteiger partial charge in [-0.1, -0.05) is 20.3 Å². The zero-order valence-electron chi connectivity index (χ0n) is 15.1. The summed E-state index contributed by atoms with van der Waals surface area (Å²) in [7, 11) is 3.58. The maximum absolute atomic E-state index is 11.7. The van der Waals surface area contributed by atoms with E-state index >= 15 is 0 Å². The molecule has 0 aromatic carbocycles. The molecule has 1 aliphatic rings. The number of carbonyl (C=O) groups is 1. The maximum atomic E-state index is 11.7. The Morgan fingerprint density at radius 3 is 2.68 bits per heavy atom. The molecule has 22 heavy (non-hydrogen) atoms. The molecule has 1 unspecified atom stereocenters. The fourth-order valence-corrected chi connectivity index (χ4v) is 3.21. The van der Waals surface area contributed by atoms with Crippen molar-refractivity contribution in [2.75, 3.05) is 40.3 Å². The highest BCUT2D eigenvalue weighted by atomic mass is 16.2. The van der Waals surface area contributed by atoms with Gasteiger partial charge in [0.15, 0.2) is 5.96 Å². The Hall–Kier alpha value is -1.26. The van der Waals surface area contributed by atoms with E-state index in [2.05, 4.69) is 36.0 Å². The summed E-state index contributed by atoms with van der Waals surface area (Å²) in [5, 5.41) is 3.39. The Balaban J connectivity index is 2.66. The van der Waals surface area contributed by atoms with Gasteiger partial charge in [0.2, 0.25) is 5.91 Å². The minimum atomic E-state index is 0.133. The summed E-state index contributed by atoms with van der Waals surface area (Å²) in [6.07, 6.45) is 5.49. The predicted octanol–water partition coefficient (Wildman–Crippen LogP) is 2.33. The summed E-state index contributed by atoms with van der Waals surface area (Å²) in [5.74, 6) is 1.10. The number of rotatable bonds is 6. The summed E-state index contributed by atoms with van der Waals surface area (Å²) in [6.45, 7) is 10.3. The average molecular weight is 310 g/mol. The van der Waals surface area contributed by atoms with Gasteiger partial charge in [-0.2, -0.15) is 0 Å². The number of nitrogens with zero attached hydrogens (tertiary/aromatic N) is 3. The first-order chi connectivity index (χ1) is 10.4. The van der Waals surface area contributed by atoms with Gasteiger partial charge in [-0.25, -0.2) is 0 Å². The van der Waals surface area contributed by atoms with Gasteiger partial charge < -0.3 is 15.1 Å². The topological polar surface area (TPSA) is 47.9 Å². The minimum absolute atomic E-state index is 0.133. The third-order valence-corrected chi connectivity index (χ3v) is 4.35. The molecule has 0 radical (unpaired) electrons. The van der Waals surface area contributed by atoms with Crippen LogP contribution in [0.5, 0.6) is 0 Å². The second-order valence-corrected chi connectivity index (χ2v) is 6.86. The van der Waals surface area contributed by atoms with Crippen LogP contribution in [-0.4, -0.2) is 61.9 Å². The number of piperidine rings is 1. The number of carbonyl (C=O) groups excluding carboxylic acids is 1. The summed E-state index contributed by atoms with van der Waals surface area (Å²) in [4.78, 5) is 20.3. The molecule has 128 valence electrons. The van der Waals surface area contributed by atoms with Crippen LogP contribution in [0.25, 0.3) is 0 Å². The van der Waals surface area contributed by atoms with Crippen LogP contribution in [0, 0.1) is 5.41 Å². The van der Waals surface area contributed by atoms with E-state index < -0.39 is 0 Å². The molecule has 1 heterocycles. The molecule has 0 aromatic heterocycles. The molecule has 1 aliphatic heterocycles. The first-order valence-corrected chi connectivity index (χ1v) is 8.65. The number of nitrogens with one attached hydrogen (secondary N) is 1. The van der Waals surface area contributed by atoms with Gasteiger partial charge in [0.1, 0.15) is 0 Å². The standard InChI is InChI=1S/C17H34N4O/c1-6-10-17(3)11-8-13-21(14-17)16(18-7-2)19-12-9-15(22)20(4)5/h6-14H2,1-5H3,(H,18,19). The molecule has 0 aliphatic carbocycles. The maximum Gasteiger partial charge on any atom is 0.223 e. The second kappa shape index (κ2) is 9.01. The first-order valence-electron chi connectivity index (χ1n) is 8.65. The molecule has 0 bridgehead atoms. The smallest absolute Gasteiger partial charge is 0.223 e. The van der Waals surface area contributed by atoms with Crippen LogP contribution in [-0.2, 0) is 4.79 Å². The predicted molar refractivity (Wildman–Crippen MR) is 93.1 cm³/mol. The highest BCUT2D eigenvalue weighted by molar-refractivity contribution is 5.81. The number of amides is 1. The quantitative estimate of drug-likeness (QED) is 0.605. The summed E-state index contributed by atoms with van der Waals surface area (Å²) < 4.78 is 0. The molecule has 1 rings (SSSR count). The van der Waals surface area contributed by atoms with Crippen molar-refractivity contribution in [3.8, 4) is 0 Å². The minimum Gasteiger partial charge on any atom is -0.357 e. The molecule has 1 N–H and O–H groups in total. The number of aliphatic imine (C=N–C) groups is 1. The zero-order valence-corrected chi connectivity index (χ0v) is 15.1. The second-order valence-electron chi connectivity index (χ2n) is 6.86. The van der Waals surface area contributed by atoms with Crippen LogP contribution in [0.3, 0.4) is 0 Å². The molecule has 1 saturated heterocycles. The first kappa shape index (κ1) is 18.8. The van der Waals surface area contributed by atoms with E-state index in [1.165, 1.54) is 25.7 Å². The lowest BCUT2D eigenvalue weighted by atomic mass is 9.78. The van der Waals surface area contributed by atoms with Gasteiger partial charge in [-0.3, -0.25) is 9.79 Å². The monoisotopic (exact) mass is 310 g/mol. The average Bonchev–Trinajstić information content (AvgIpc) is 2.46. The van der Waals surface area contributed by atoms with Crippen molar-refractivity contribution in [2.45, 2.75) is 52.9 Å². The Bertz CT molecular complexity index is 377. The van der Waals surface area contributed by atoms with Crippen LogP contribution < -0.4 is 5.32 Å². The van der Waals surface area contributed by atoms with E-state index in [0.717, 1.165) is 25.6 Å². The van der Waals surface area contributed by atoms with Crippen molar-refractivity contribution >= 4 is 11.9 Å². The van der Waals surface area contributed by atoms with E-state index in [1.807, 2.05) is 0 Å². The molecule has 1 atom stereocenters. The summed E-state index contributed by atoms with van der Waals surface area (Å²) in [6, 6.07) is 0. The van der Waals surface area contributed by atoms with Crippen LogP contribution >= 0.6 is 0 Å². The lowest BCUT2D eigenvalue weighted by Crippen LogP contribution is -2.49. The molecular formula is C17H34N4O. The molecule has 0 spiro atoms. The van der Waals surface area contributed by atoms with Crippen molar-refractivity contribution in [3.05, 3.63) is 0 Å². The molecule has 0 aromatic rings. The van der Waals surface area contributed by atoms with Gasteiger partial charge in [0.25, 0.3) is 0 Å². The Kier molecular flexibility index (Phi) is 7.69. The fraction of sp³-hybridized carbons (Fsp3) is 0.882. The van der Waals surface area contributed by atoms with Gasteiger partial charge >= 0.3 is 0 Å². The van der Waals surface area contributed by atoms with Crippen molar-refractivity contribution in [2.24, 2.45) is 10.4 Å². The lowest BCUT2D eigenvalue weighted by Gasteiger charge is -2.42. The molecule has 5 nitrogen and oxygen atoms in total. The largest absolute Gasteiger partial charge is 0.357 e. The van der Waals surface area contributed by atoms with Crippen molar-refractivity contribution < 1.29 is 4.79 Å². The SMILES string of the molecule is CCCC1(C)CCCN(C(=NCCC(=O)N(C)C)NCC)C1. The lowest BCUT2D eigenvalue weighted by molar-refractivity contribution is -0.128. The highest BCUT2D eigenvalue weighted by Crippen LogP contribution is 2.33. The number of guanidine groups is 1. The van der Waals surface area contributed by atoms with Crippen LogP contribution in [0.15, 0.2) is 4.99 Å². The normalized spacial score (nSPS) is 22.6. The van der Waals surface area contributed by atoms with Gasteiger partial charge in [0, 0.05) is 40.2 Å². The zero-order chi connectivity index (χ0) is 16.6. The number of likely N-dealkylation sites (tertiary alicyclic amines) is 1. The number of hydrogen-bond acceptors (Lipinski definition) is 2. The van der Waals surface area contributed by atoms with Crippen molar-refractivity contribution in [1.82, 2.24) is 15.1 Å². The third-order valence-electron chi connectivity index (χ3n) is 4.35. The van der Waals surface area contributed by atoms with Crippen LogP contribution in [0.2, 0.25) is 0 Å². The molecular weight excluding hydrogens is 276 g/mol. The molecule has 1 fully saturated rings. The van der Waals surface area contributed by atoms with Crippen molar-refractivity contribution in [3.63, 3.8) is 0 Å².